The van der Waals surface area contributed by atoms with E-state index in [1.54, 1.807) is 18.1 Å². The third-order valence-corrected chi connectivity index (χ3v) is 2.10. The first kappa shape index (κ1) is 13.1. The highest BCUT2D eigenvalue weighted by molar-refractivity contribution is 5.90. The van der Waals surface area contributed by atoms with Gasteiger partial charge in [0.05, 0.1) is 6.61 Å². The van der Waals surface area contributed by atoms with Crippen LogP contribution in [-0.2, 0) is 4.74 Å². The Kier molecular flexibility index (Phi) is 5.09. The Morgan fingerprint density at radius 2 is 2.29 bits per heavy atom. The normalized spacial score (nSPS) is 9.94. The van der Waals surface area contributed by atoms with E-state index in [4.69, 9.17) is 9.84 Å². The van der Waals surface area contributed by atoms with Crippen molar-refractivity contribution in [3.8, 4) is 0 Å². The minimum atomic E-state index is -1.10. The Bertz CT molecular complexity index is 395. The molecule has 1 N–H and O–H groups in total. The fraction of sp³-hybridized carbons (Fsp3) is 0.364. The van der Waals surface area contributed by atoms with Gasteiger partial charge in [-0.1, -0.05) is 6.08 Å². The predicted octanol–water partition coefficient (Wildman–Crippen LogP) is 0.814. The summed E-state index contributed by atoms with van der Waals surface area (Å²) in [7, 11) is 1.58. The van der Waals surface area contributed by atoms with Crippen LogP contribution in [0.15, 0.2) is 25.0 Å². The summed E-state index contributed by atoms with van der Waals surface area (Å²) in [4.78, 5) is 20.6. The van der Waals surface area contributed by atoms with Gasteiger partial charge in [-0.05, 0) is 0 Å². The van der Waals surface area contributed by atoms with Crippen LogP contribution in [-0.4, -0.2) is 47.8 Å². The number of methoxy groups -OCH3 is 1. The Balaban J connectivity index is 2.99. The molecule has 0 saturated heterocycles. The van der Waals surface area contributed by atoms with E-state index in [-0.39, 0.29) is 5.69 Å². The molecule has 1 heterocycles. The van der Waals surface area contributed by atoms with Crippen molar-refractivity contribution in [1.82, 2.24) is 9.97 Å². The lowest BCUT2D eigenvalue weighted by Gasteiger charge is -2.22. The van der Waals surface area contributed by atoms with E-state index >= 15 is 0 Å². The van der Waals surface area contributed by atoms with Crippen LogP contribution in [0.25, 0.3) is 0 Å². The number of rotatable bonds is 7. The number of ether oxygens (including phenoxy) is 1. The molecule has 92 valence electrons. The van der Waals surface area contributed by atoms with Gasteiger partial charge in [0, 0.05) is 32.6 Å². The van der Waals surface area contributed by atoms with Crippen molar-refractivity contribution >= 4 is 11.8 Å². The number of aromatic carboxylic acids is 1. The molecule has 17 heavy (non-hydrogen) atoms. The fourth-order valence-corrected chi connectivity index (χ4v) is 1.35. The summed E-state index contributed by atoms with van der Waals surface area (Å²) in [6.45, 7) is 5.12. The molecule has 0 radical (unpaired) electrons. The molecule has 6 heteroatoms. The number of carboxylic acid groups (broad SMARTS) is 1. The van der Waals surface area contributed by atoms with E-state index in [1.807, 2.05) is 0 Å². The number of hydrogen-bond acceptors (Lipinski definition) is 5. The second-order valence-electron chi connectivity index (χ2n) is 3.26. The quantitative estimate of drug-likeness (QED) is 0.707. The lowest BCUT2D eigenvalue weighted by atomic mass is 10.3. The fourth-order valence-electron chi connectivity index (χ4n) is 1.35. The second-order valence-corrected chi connectivity index (χ2v) is 3.26. The zero-order chi connectivity index (χ0) is 12.7. The van der Waals surface area contributed by atoms with Crippen LogP contribution in [0.1, 0.15) is 10.5 Å². The molecule has 0 aliphatic rings. The molecule has 0 spiro atoms. The standard InChI is InChI=1S/C11H15N3O3/c1-3-6-14(7-8-17-2)10-9(11(15)16)12-4-5-13-10/h3-5H,1,6-8H2,2H3,(H,15,16). The van der Waals surface area contributed by atoms with Crippen molar-refractivity contribution < 1.29 is 14.6 Å². The molecule has 0 aromatic carbocycles. The molecule has 1 aromatic rings. The first-order valence-corrected chi connectivity index (χ1v) is 5.09. The maximum Gasteiger partial charge on any atom is 0.358 e. The monoisotopic (exact) mass is 237 g/mol. The summed E-state index contributed by atoms with van der Waals surface area (Å²) in [5.74, 6) is -0.767. The third-order valence-electron chi connectivity index (χ3n) is 2.10. The van der Waals surface area contributed by atoms with Crippen molar-refractivity contribution in [1.29, 1.82) is 0 Å². The molecule has 0 saturated carbocycles. The van der Waals surface area contributed by atoms with Crippen molar-refractivity contribution in [3.63, 3.8) is 0 Å². The number of carbonyl (C=O) groups is 1. The first-order chi connectivity index (χ1) is 8.20. The molecule has 0 amide bonds. The highest BCUT2D eigenvalue weighted by atomic mass is 16.5. The van der Waals surface area contributed by atoms with Crippen LogP contribution in [0.5, 0.6) is 0 Å². The van der Waals surface area contributed by atoms with Crippen LogP contribution >= 0.6 is 0 Å². The van der Waals surface area contributed by atoms with Gasteiger partial charge in [-0.15, -0.1) is 6.58 Å². The Labute approximate surface area is 99.6 Å². The van der Waals surface area contributed by atoms with Crippen LogP contribution in [0, 0.1) is 0 Å². The summed E-state index contributed by atoms with van der Waals surface area (Å²) in [5.41, 5.74) is -0.0644. The van der Waals surface area contributed by atoms with Gasteiger partial charge in [0.25, 0.3) is 0 Å². The van der Waals surface area contributed by atoms with E-state index in [0.29, 0.717) is 25.5 Å². The van der Waals surface area contributed by atoms with Gasteiger partial charge in [0.1, 0.15) is 0 Å². The van der Waals surface area contributed by atoms with Gasteiger partial charge < -0.3 is 14.7 Å². The minimum Gasteiger partial charge on any atom is -0.476 e. The number of nitrogens with zero attached hydrogens (tertiary/aromatic N) is 3. The van der Waals surface area contributed by atoms with Crippen molar-refractivity contribution in [3.05, 3.63) is 30.7 Å². The molecule has 0 aliphatic carbocycles. The van der Waals surface area contributed by atoms with Crippen LogP contribution in [0.2, 0.25) is 0 Å². The van der Waals surface area contributed by atoms with Gasteiger partial charge in [0.2, 0.25) is 0 Å². The van der Waals surface area contributed by atoms with Gasteiger partial charge in [0.15, 0.2) is 11.5 Å². The number of aromatic nitrogens is 2. The molecule has 6 nitrogen and oxygen atoms in total. The lowest BCUT2D eigenvalue weighted by molar-refractivity contribution is 0.0690. The Morgan fingerprint density at radius 1 is 1.59 bits per heavy atom. The zero-order valence-corrected chi connectivity index (χ0v) is 9.67. The zero-order valence-electron chi connectivity index (χ0n) is 9.67. The number of hydrogen-bond donors (Lipinski definition) is 1. The Hall–Kier alpha value is -1.95. The third kappa shape index (κ3) is 3.53. The summed E-state index contributed by atoms with van der Waals surface area (Å²) in [6.07, 6.45) is 4.50. The van der Waals surface area contributed by atoms with Crippen molar-refractivity contribution in [2.24, 2.45) is 0 Å². The summed E-state index contributed by atoms with van der Waals surface area (Å²) in [5, 5.41) is 9.02. The van der Waals surface area contributed by atoms with Gasteiger partial charge in [-0.25, -0.2) is 14.8 Å². The van der Waals surface area contributed by atoms with E-state index in [0.717, 1.165) is 0 Å². The highest BCUT2D eigenvalue weighted by Gasteiger charge is 2.17. The molecule has 0 atom stereocenters. The van der Waals surface area contributed by atoms with E-state index in [1.165, 1.54) is 12.4 Å². The molecule has 0 aliphatic heterocycles. The second kappa shape index (κ2) is 6.59. The maximum atomic E-state index is 11.0. The molecular weight excluding hydrogens is 222 g/mol. The van der Waals surface area contributed by atoms with E-state index in [9.17, 15) is 4.79 Å². The van der Waals surface area contributed by atoms with Gasteiger partial charge in [-0.2, -0.15) is 0 Å². The molecule has 1 rings (SSSR count). The summed E-state index contributed by atoms with van der Waals surface area (Å²) in [6, 6.07) is 0. The van der Waals surface area contributed by atoms with Crippen LogP contribution in [0.3, 0.4) is 0 Å². The molecular formula is C11H15N3O3. The molecule has 1 aromatic heterocycles. The predicted molar refractivity (Wildman–Crippen MR) is 63.3 cm³/mol. The highest BCUT2D eigenvalue weighted by Crippen LogP contribution is 2.14. The number of anilines is 1. The van der Waals surface area contributed by atoms with Crippen LogP contribution in [0.4, 0.5) is 5.82 Å². The first-order valence-electron chi connectivity index (χ1n) is 5.09. The molecule has 0 unspecified atom stereocenters. The van der Waals surface area contributed by atoms with Crippen LogP contribution < -0.4 is 4.90 Å². The van der Waals surface area contributed by atoms with Crippen molar-refractivity contribution in [2.45, 2.75) is 0 Å². The van der Waals surface area contributed by atoms with Crippen molar-refractivity contribution in [2.75, 3.05) is 31.7 Å². The number of carboxylic acids is 1. The SMILES string of the molecule is C=CCN(CCOC)c1nccnc1C(=O)O. The Morgan fingerprint density at radius 3 is 2.88 bits per heavy atom. The minimum absolute atomic E-state index is 0.0644. The maximum absolute atomic E-state index is 11.0. The average Bonchev–Trinajstić information content (AvgIpc) is 2.34. The summed E-state index contributed by atoms with van der Waals surface area (Å²) < 4.78 is 4.97. The van der Waals surface area contributed by atoms with E-state index < -0.39 is 5.97 Å². The average molecular weight is 237 g/mol. The smallest absolute Gasteiger partial charge is 0.358 e. The van der Waals surface area contributed by atoms with Gasteiger partial charge in [-0.3, -0.25) is 0 Å². The molecule has 0 fully saturated rings. The lowest BCUT2D eigenvalue weighted by Crippen LogP contribution is -2.30. The van der Waals surface area contributed by atoms with Gasteiger partial charge >= 0.3 is 5.97 Å². The largest absolute Gasteiger partial charge is 0.476 e. The molecule has 0 bridgehead atoms. The van der Waals surface area contributed by atoms with E-state index in [2.05, 4.69) is 16.5 Å². The summed E-state index contributed by atoms with van der Waals surface area (Å²) >= 11 is 0. The topological polar surface area (TPSA) is 75.5 Å².